The van der Waals surface area contributed by atoms with Gasteiger partial charge in [0.25, 0.3) is 5.84 Å². The minimum absolute atomic E-state index is 0.139. The normalized spacial score (nSPS) is 16.7. The first-order valence-electron chi connectivity index (χ1n) is 2.95. The largest absolute Gasteiger partial charge is 0.847 e. The highest BCUT2D eigenvalue weighted by Gasteiger charge is 2.16. The number of amidine groups is 1. The number of carbonyl (C=O) groups is 1. The highest BCUT2D eigenvalue weighted by Crippen LogP contribution is 1.97. The van der Waals surface area contributed by atoms with Gasteiger partial charge in [-0.3, -0.25) is 4.79 Å². The van der Waals surface area contributed by atoms with Crippen LogP contribution >= 0.6 is 0 Å². The molecule has 0 saturated heterocycles. The van der Waals surface area contributed by atoms with Gasteiger partial charge in [0, 0.05) is 0 Å². The molecule has 7 heteroatoms. The molecular weight excluding hydrogens is 162 g/mol. The highest BCUT2D eigenvalue weighted by molar-refractivity contribution is 6.05. The molecule has 0 fully saturated rings. The van der Waals surface area contributed by atoms with E-state index in [1.165, 1.54) is 0 Å². The summed E-state index contributed by atoms with van der Waals surface area (Å²) >= 11 is 0. The van der Waals surface area contributed by atoms with Crippen molar-refractivity contribution >= 4 is 18.2 Å². The third-order valence-corrected chi connectivity index (χ3v) is 1.12. The van der Waals surface area contributed by atoms with Gasteiger partial charge in [-0.2, -0.15) is 0 Å². The lowest BCUT2D eigenvalue weighted by atomic mass is 10.4. The quantitative estimate of drug-likeness (QED) is 0.366. The molecular formula is C5H6N5O2. The Bertz CT molecular complexity index is 300. The van der Waals surface area contributed by atoms with E-state index in [1.54, 1.807) is 0 Å². The Kier molecular flexibility index (Phi) is 1.95. The van der Waals surface area contributed by atoms with Crippen LogP contribution in [0, 0.1) is 0 Å². The van der Waals surface area contributed by atoms with Gasteiger partial charge in [0.1, 0.15) is 5.70 Å². The van der Waals surface area contributed by atoms with E-state index in [0.717, 1.165) is 0 Å². The van der Waals surface area contributed by atoms with Gasteiger partial charge in [0.15, 0.2) is 0 Å². The summed E-state index contributed by atoms with van der Waals surface area (Å²) in [6.07, 6.45) is 0.312. The Morgan fingerprint density at radius 2 is 2.25 bits per heavy atom. The summed E-state index contributed by atoms with van der Waals surface area (Å²) in [5, 5.41) is 13.0. The highest BCUT2D eigenvalue weighted by atomic mass is 16.3. The number of nitrogens with two attached hydrogens (primary N) is 2. The van der Waals surface area contributed by atoms with Gasteiger partial charge >= 0.3 is 5.96 Å². The Hall–Kier alpha value is -2.05. The summed E-state index contributed by atoms with van der Waals surface area (Å²) in [7, 11) is 0. The van der Waals surface area contributed by atoms with Crippen molar-refractivity contribution in [3.63, 3.8) is 0 Å². The smallest absolute Gasteiger partial charge is 0.375 e. The van der Waals surface area contributed by atoms with Crippen molar-refractivity contribution in [2.45, 2.75) is 0 Å². The average Bonchev–Trinajstić information content (AvgIpc) is 1.96. The second-order valence-corrected chi connectivity index (χ2v) is 1.91. The zero-order valence-corrected chi connectivity index (χ0v) is 5.94. The average molecular weight is 168 g/mol. The topological polar surface area (TPSA) is 131 Å². The predicted octanol–water partition coefficient (Wildman–Crippen LogP) is -3.72. The Morgan fingerprint density at radius 3 is 2.75 bits per heavy atom. The standard InChI is InChI=1S/C5H7N5O2/c6-3-2(8-1-11)4(12)10-5(7)9-3/h1H,(H,8,11)(H5,6,7,10,12)/q+1/p-1. The first-order valence-corrected chi connectivity index (χ1v) is 2.95. The molecule has 1 amide bonds. The molecule has 1 aliphatic rings. The fraction of sp³-hybridized carbons (Fsp3) is 0. The summed E-state index contributed by atoms with van der Waals surface area (Å²) in [5.74, 6) is -1.05. The maximum atomic E-state index is 10.9. The van der Waals surface area contributed by atoms with Crippen molar-refractivity contribution in [2.24, 2.45) is 16.5 Å². The van der Waals surface area contributed by atoms with Gasteiger partial charge in [0.2, 0.25) is 6.41 Å². The van der Waals surface area contributed by atoms with Crippen molar-refractivity contribution in [1.82, 2.24) is 10.3 Å². The Morgan fingerprint density at radius 1 is 1.58 bits per heavy atom. The van der Waals surface area contributed by atoms with Gasteiger partial charge in [-0.15, -0.1) is 4.99 Å². The van der Waals surface area contributed by atoms with Crippen molar-refractivity contribution in [3.8, 4) is 0 Å². The van der Waals surface area contributed by atoms with Gasteiger partial charge < -0.3 is 21.9 Å². The molecule has 12 heavy (non-hydrogen) atoms. The van der Waals surface area contributed by atoms with Gasteiger partial charge in [-0.05, 0) is 0 Å². The maximum absolute atomic E-state index is 10.9. The molecule has 0 aromatic carbocycles. The van der Waals surface area contributed by atoms with Crippen LogP contribution in [-0.4, -0.2) is 18.2 Å². The van der Waals surface area contributed by atoms with Crippen LogP contribution < -0.4 is 26.9 Å². The number of nitrogens with zero attached hydrogens (tertiary/aromatic N) is 2. The van der Waals surface area contributed by atoms with Crippen LogP contribution in [-0.2, 0) is 4.79 Å². The van der Waals surface area contributed by atoms with E-state index in [-0.39, 0.29) is 17.5 Å². The predicted molar refractivity (Wildman–Crippen MR) is 39.2 cm³/mol. The molecule has 63 valence electrons. The Labute approximate surface area is 67.5 Å². The first-order chi connectivity index (χ1) is 5.65. The number of hydrogen-bond acceptors (Lipinski definition) is 6. The second-order valence-electron chi connectivity index (χ2n) is 1.91. The van der Waals surface area contributed by atoms with E-state index in [2.05, 4.69) is 15.3 Å². The molecule has 0 atom stereocenters. The Balaban J connectivity index is 3.05. The van der Waals surface area contributed by atoms with Crippen LogP contribution in [0.1, 0.15) is 0 Å². The van der Waals surface area contributed by atoms with Gasteiger partial charge in [-0.25, -0.2) is 0 Å². The van der Waals surface area contributed by atoms with Crippen LogP contribution in [0.3, 0.4) is 0 Å². The number of nitrogens with one attached hydrogen (secondary N) is 1. The van der Waals surface area contributed by atoms with Crippen molar-refractivity contribution < 1.29 is 9.90 Å². The van der Waals surface area contributed by atoms with Crippen molar-refractivity contribution in [1.29, 1.82) is 0 Å². The monoisotopic (exact) mass is 168 g/mol. The fourth-order valence-corrected chi connectivity index (χ4v) is 0.668. The minimum atomic E-state index is -0.702. The van der Waals surface area contributed by atoms with Crippen LogP contribution in [0.2, 0.25) is 0 Å². The number of guanidine groups is 1. The molecule has 0 aliphatic carbocycles. The number of aliphatic imine (C=N–C) groups is 2. The molecule has 1 rings (SSSR count). The fourth-order valence-electron chi connectivity index (χ4n) is 0.668. The molecule has 0 aromatic rings. The molecule has 1 radical (unpaired) electrons. The van der Waals surface area contributed by atoms with E-state index in [1.807, 2.05) is 0 Å². The molecule has 1 aliphatic heterocycles. The van der Waals surface area contributed by atoms with Crippen molar-refractivity contribution in [3.05, 3.63) is 11.6 Å². The zero-order valence-electron chi connectivity index (χ0n) is 5.94. The molecule has 1 heterocycles. The third-order valence-electron chi connectivity index (χ3n) is 1.12. The molecule has 0 spiro atoms. The van der Waals surface area contributed by atoms with E-state index in [0.29, 0.717) is 6.41 Å². The van der Waals surface area contributed by atoms with Crippen LogP contribution in [0.25, 0.3) is 0 Å². The lowest BCUT2D eigenvalue weighted by Crippen LogP contribution is -2.40. The lowest BCUT2D eigenvalue weighted by molar-refractivity contribution is -0.305. The molecule has 0 saturated carbocycles. The zero-order chi connectivity index (χ0) is 9.14. The van der Waals surface area contributed by atoms with E-state index >= 15 is 0 Å². The van der Waals surface area contributed by atoms with Crippen LogP contribution in [0.5, 0.6) is 0 Å². The summed E-state index contributed by atoms with van der Waals surface area (Å²) in [6.45, 7) is 0. The summed E-state index contributed by atoms with van der Waals surface area (Å²) in [4.78, 5) is 16.7. The second kappa shape index (κ2) is 2.91. The molecule has 0 unspecified atom stereocenters. The number of amides is 1. The SMILES string of the molecule is NC1=NC([O-])=C(NC=O)C(N)=[N+]1. The molecule has 0 aromatic heterocycles. The minimum Gasteiger partial charge on any atom is -0.847 e. The first kappa shape index (κ1) is 8.05. The van der Waals surface area contributed by atoms with Gasteiger partial charge in [-0.1, -0.05) is 4.99 Å². The van der Waals surface area contributed by atoms with E-state index < -0.39 is 5.88 Å². The van der Waals surface area contributed by atoms with Crippen LogP contribution in [0.15, 0.2) is 16.6 Å². The maximum Gasteiger partial charge on any atom is 0.375 e. The number of hydrogen-bond donors (Lipinski definition) is 3. The third kappa shape index (κ3) is 1.34. The van der Waals surface area contributed by atoms with Gasteiger partial charge in [0.05, 0.1) is 5.88 Å². The summed E-state index contributed by atoms with van der Waals surface area (Å²) in [5.41, 5.74) is 10.2. The van der Waals surface area contributed by atoms with Crippen LogP contribution in [0.4, 0.5) is 0 Å². The van der Waals surface area contributed by atoms with E-state index in [4.69, 9.17) is 11.5 Å². The molecule has 0 bridgehead atoms. The molecule has 5 N–H and O–H groups in total. The summed E-state index contributed by atoms with van der Waals surface area (Å²) < 4.78 is 0. The van der Waals surface area contributed by atoms with Crippen molar-refractivity contribution in [2.75, 3.05) is 0 Å². The lowest BCUT2D eigenvalue weighted by Gasteiger charge is -2.11. The number of carbonyl (C=O) groups excluding carboxylic acids is 1. The molecule has 7 nitrogen and oxygen atoms in total. The van der Waals surface area contributed by atoms with E-state index in [9.17, 15) is 9.90 Å². The number of rotatable bonds is 2. The summed E-state index contributed by atoms with van der Waals surface area (Å²) in [6, 6.07) is 0.